The van der Waals surface area contributed by atoms with Gasteiger partial charge in [-0.15, -0.1) is 0 Å². The smallest absolute Gasteiger partial charge is 0.325 e. The zero-order valence-electron chi connectivity index (χ0n) is 16.9. The van der Waals surface area contributed by atoms with Crippen molar-refractivity contribution in [3.63, 3.8) is 0 Å². The number of rotatable bonds is 6. The lowest BCUT2D eigenvalue weighted by atomic mass is 10.1. The molecule has 0 bridgehead atoms. The zero-order chi connectivity index (χ0) is 22.7. The summed E-state index contributed by atoms with van der Waals surface area (Å²) in [6, 6.07) is 9.82. The number of amides is 1. The van der Waals surface area contributed by atoms with Gasteiger partial charge in [-0.1, -0.05) is 15.9 Å². The van der Waals surface area contributed by atoms with Crippen molar-refractivity contribution in [3.8, 4) is 17.2 Å². The number of nitrogens with zero attached hydrogens (tertiary/aromatic N) is 2. The van der Waals surface area contributed by atoms with E-state index < -0.39 is 11.9 Å². The Balaban J connectivity index is 2.09. The van der Waals surface area contributed by atoms with Crippen LogP contribution in [0.5, 0.6) is 17.2 Å². The summed E-state index contributed by atoms with van der Waals surface area (Å²) in [5, 5.41) is 10.1. The monoisotopic (exact) mass is 506 g/mol. The van der Waals surface area contributed by atoms with Gasteiger partial charge >= 0.3 is 5.97 Å². The number of hydrogen-bond acceptors (Lipinski definition) is 7. The number of carbonyl (C=O) groups is 2. The number of thiocarbonyl (C=S) groups is 1. The van der Waals surface area contributed by atoms with Gasteiger partial charge in [-0.05, 0) is 60.3 Å². The normalized spacial score (nSPS) is 14.9. The summed E-state index contributed by atoms with van der Waals surface area (Å²) < 4.78 is 15.6. The van der Waals surface area contributed by atoms with Crippen molar-refractivity contribution in [2.45, 2.75) is 0 Å². The fraction of sp³-hybridized carbons (Fsp3) is 0.190. The Labute approximate surface area is 192 Å². The van der Waals surface area contributed by atoms with Crippen LogP contribution in [0.15, 0.2) is 46.6 Å². The molecule has 0 spiro atoms. The van der Waals surface area contributed by atoms with E-state index in [-0.39, 0.29) is 28.9 Å². The van der Waals surface area contributed by atoms with E-state index in [0.29, 0.717) is 21.5 Å². The molecule has 2 aromatic carbocycles. The van der Waals surface area contributed by atoms with Gasteiger partial charge in [0.2, 0.25) is 0 Å². The van der Waals surface area contributed by atoms with E-state index >= 15 is 0 Å². The summed E-state index contributed by atoms with van der Waals surface area (Å²) in [4.78, 5) is 28.1. The Bertz CT molecular complexity index is 1070. The lowest BCUT2D eigenvalue weighted by Gasteiger charge is -2.19. The van der Waals surface area contributed by atoms with Crippen molar-refractivity contribution < 1.29 is 28.9 Å². The molecule has 0 aromatic heterocycles. The van der Waals surface area contributed by atoms with Crippen molar-refractivity contribution in [2.75, 3.05) is 32.8 Å². The Hall–Kier alpha value is -3.11. The number of phenolic OH excluding ortho intramolecular Hbond substituents is 1. The van der Waals surface area contributed by atoms with Crippen LogP contribution in [0.3, 0.4) is 0 Å². The molecule has 1 aliphatic heterocycles. The maximum absolute atomic E-state index is 13.3. The number of ether oxygens (including phenoxy) is 3. The molecule has 162 valence electrons. The topological polar surface area (TPSA) is 88.5 Å². The van der Waals surface area contributed by atoms with Gasteiger partial charge in [-0.25, -0.2) is 0 Å². The molecule has 10 heteroatoms. The van der Waals surface area contributed by atoms with E-state index in [1.54, 1.807) is 43.5 Å². The summed E-state index contributed by atoms with van der Waals surface area (Å²) in [6.45, 7) is -0.244. The van der Waals surface area contributed by atoms with E-state index in [2.05, 4.69) is 15.9 Å². The molecular weight excluding hydrogens is 488 g/mol. The first-order chi connectivity index (χ1) is 14.8. The first kappa shape index (κ1) is 22.6. The molecule has 1 heterocycles. The number of halogens is 1. The van der Waals surface area contributed by atoms with Crippen LogP contribution in [0.25, 0.3) is 6.08 Å². The number of esters is 1. The largest absolute Gasteiger partial charge is 0.504 e. The Morgan fingerprint density at radius 1 is 1.16 bits per heavy atom. The molecule has 1 fully saturated rings. The SMILES string of the molecule is COC(=O)CN1C(=S)N(c2ccc(OC)cc2)C(=O)/C1=C/c1cc(OC)c(O)cc1Br. The second-order valence-electron chi connectivity index (χ2n) is 6.36. The van der Waals surface area contributed by atoms with Gasteiger partial charge in [0, 0.05) is 4.47 Å². The van der Waals surface area contributed by atoms with Gasteiger partial charge in [0.1, 0.15) is 18.0 Å². The second-order valence-corrected chi connectivity index (χ2v) is 7.58. The molecule has 1 aliphatic rings. The molecule has 1 N–H and O–H groups in total. The number of phenols is 1. The molecule has 0 atom stereocenters. The average molecular weight is 507 g/mol. The lowest BCUT2D eigenvalue weighted by molar-refractivity contribution is -0.140. The molecule has 1 amide bonds. The summed E-state index contributed by atoms with van der Waals surface area (Å²) in [5.41, 5.74) is 1.24. The highest BCUT2D eigenvalue weighted by molar-refractivity contribution is 9.10. The van der Waals surface area contributed by atoms with Gasteiger partial charge in [0.05, 0.1) is 27.0 Å². The predicted octanol–water partition coefficient (Wildman–Crippen LogP) is 3.32. The Kier molecular flexibility index (Phi) is 6.81. The minimum atomic E-state index is -0.556. The Morgan fingerprint density at radius 3 is 2.42 bits per heavy atom. The quantitative estimate of drug-likeness (QED) is 0.362. The molecule has 1 saturated heterocycles. The van der Waals surface area contributed by atoms with Gasteiger partial charge in [0.25, 0.3) is 5.91 Å². The number of methoxy groups -OCH3 is 3. The van der Waals surface area contributed by atoms with Crippen LogP contribution in [0.2, 0.25) is 0 Å². The van der Waals surface area contributed by atoms with E-state index in [9.17, 15) is 14.7 Å². The molecular formula is C21H19BrN2O6S. The highest BCUT2D eigenvalue weighted by Gasteiger charge is 2.40. The minimum absolute atomic E-state index is 0.0592. The van der Waals surface area contributed by atoms with Crippen molar-refractivity contribution in [1.82, 2.24) is 4.90 Å². The van der Waals surface area contributed by atoms with Gasteiger partial charge in [-0.3, -0.25) is 14.5 Å². The summed E-state index contributed by atoms with van der Waals surface area (Å²) in [7, 11) is 4.23. The summed E-state index contributed by atoms with van der Waals surface area (Å²) in [6.07, 6.45) is 1.56. The number of hydrogen-bond donors (Lipinski definition) is 1. The third-order valence-corrected chi connectivity index (χ3v) is 5.66. The van der Waals surface area contributed by atoms with Crippen LogP contribution in [-0.4, -0.2) is 54.9 Å². The number of benzene rings is 2. The number of carbonyl (C=O) groups excluding carboxylic acids is 2. The number of anilines is 1. The molecule has 0 saturated carbocycles. The van der Waals surface area contributed by atoms with E-state index in [4.69, 9.17) is 26.4 Å². The predicted molar refractivity (Wildman–Crippen MR) is 122 cm³/mol. The van der Waals surface area contributed by atoms with Crippen molar-refractivity contribution >= 4 is 56.9 Å². The fourth-order valence-electron chi connectivity index (χ4n) is 2.97. The molecule has 8 nitrogen and oxygen atoms in total. The van der Waals surface area contributed by atoms with Crippen LogP contribution in [0.4, 0.5) is 5.69 Å². The third kappa shape index (κ3) is 4.49. The van der Waals surface area contributed by atoms with Crippen LogP contribution in [-0.2, 0) is 14.3 Å². The van der Waals surface area contributed by atoms with Crippen molar-refractivity contribution in [3.05, 3.63) is 52.1 Å². The van der Waals surface area contributed by atoms with Crippen molar-refractivity contribution in [2.24, 2.45) is 0 Å². The average Bonchev–Trinajstić information content (AvgIpc) is 2.99. The van der Waals surface area contributed by atoms with E-state index in [1.165, 1.54) is 30.1 Å². The van der Waals surface area contributed by atoms with Crippen LogP contribution in [0, 0.1) is 0 Å². The molecule has 31 heavy (non-hydrogen) atoms. The van der Waals surface area contributed by atoms with Crippen LogP contribution in [0.1, 0.15) is 5.56 Å². The highest BCUT2D eigenvalue weighted by Crippen LogP contribution is 2.36. The first-order valence-corrected chi connectivity index (χ1v) is 10.2. The van der Waals surface area contributed by atoms with Crippen LogP contribution < -0.4 is 14.4 Å². The molecule has 2 aromatic rings. The summed E-state index contributed by atoms with van der Waals surface area (Å²) >= 11 is 8.89. The maximum atomic E-state index is 13.3. The first-order valence-electron chi connectivity index (χ1n) is 8.95. The van der Waals surface area contributed by atoms with Crippen molar-refractivity contribution in [1.29, 1.82) is 0 Å². The molecule has 0 radical (unpaired) electrons. The lowest BCUT2D eigenvalue weighted by Crippen LogP contribution is -2.35. The zero-order valence-corrected chi connectivity index (χ0v) is 19.3. The van der Waals surface area contributed by atoms with Gasteiger partial charge in [0.15, 0.2) is 16.6 Å². The molecule has 0 unspecified atom stereocenters. The van der Waals surface area contributed by atoms with Gasteiger partial charge < -0.3 is 24.2 Å². The molecule has 0 aliphatic carbocycles. The fourth-order valence-corrected chi connectivity index (χ4v) is 3.76. The Morgan fingerprint density at radius 2 is 1.84 bits per heavy atom. The van der Waals surface area contributed by atoms with E-state index in [0.717, 1.165) is 0 Å². The van der Waals surface area contributed by atoms with Gasteiger partial charge in [-0.2, -0.15) is 0 Å². The van der Waals surface area contributed by atoms with E-state index in [1.807, 2.05) is 0 Å². The van der Waals surface area contributed by atoms with Crippen LogP contribution >= 0.6 is 28.1 Å². The standard InChI is InChI=1S/C21H19BrN2O6S/c1-28-14-6-4-13(5-7-14)24-20(27)16(23(21(24)31)11-19(26)30-3)8-12-9-18(29-2)17(25)10-15(12)22/h4-10,25H,11H2,1-3H3/b16-8-. The third-order valence-electron chi connectivity index (χ3n) is 4.57. The number of aromatic hydroxyl groups is 1. The molecule has 3 rings (SSSR count). The second kappa shape index (κ2) is 9.36. The minimum Gasteiger partial charge on any atom is -0.504 e. The summed E-state index contributed by atoms with van der Waals surface area (Å²) in [5.74, 6) is -0.174. The maximum Gasteiger partial charge on any atom is 0.325 e. The highest BCUT2D eigenvalue weighted by atomic mass is 79.9.